The molecule has 3 N–H and O–H groups in total. The first kappa shape index (κ1) is 18.5. The van der Waals surface area contributed by atoms with Crippen molar-refractivity contribution in [1.29, 1.82) is 0 Å². The molecule has 0 aliphatic rings. The minimum Gasteiger partial charge on any atom is -0.286 e. The molecule has 0 spiro atoms. The van der Waals surface area contributed by atoms with Crippen molar-refractivity contribution in [1.82, 2.24) is 25.7 Å². The molecule has 9 heteroatoms. The van der Waals surface area contributed by atoms with Crippen LogP contribution in [0.4, 0.5) is 5.95 Å². The molecule has 0 saturated carbocycles. The highest BCUT2D eigenvalue weighted by Gasteiger charge is 2.21. The summed E-state index contributed by atoms with van der Waals surface area (Å²) in [6.45, 7) is 4.00. The number of amides is 2. The number of fused-ring (bicyclic) bond motifs is 1. The highest BCUT2D eigenvalue weighted by molar-refractivity contribution is 5.80. The van der Waals surface area contributed by atoms with Crippen molar-refractivity contribution in [3.63, 3.8) is 0 Å². The third-order valence-corrected chi connectivity index (χ3v) is 3.65. The number of carbonyl (C=O) groups is 2. The highest BCUT2D eigenvalue weighted by atomic mass is 16.5. The van der Waals surface area contributed by atoms with E-state index in [1.165, 1.54) is 0 Å². The van der Waals surface area contributed by atoms with E-state index in [-0.39, 0.29) is 24.8 Å². The number of anilines is 1. The van der Waals surface area contributed by atoms with Gasteiger partial charge in [-0.05, 0) is 24.5 Å². The van der Waals surface area contributed by atoms with Crippen LogP contribution in [-0.2, 0) is 9.59 Å². The third kappa shape index (κ3) is 5.64. The van der Waals surface area contributed by atoms with Crippen LogP contribution in [-0.4, -0.2) is 44.3 Å². The quantitative estimate of drug-likeness (QED) is 0.356. The van der Waals surface area contributed by atoms with E-state index in [2.05, 4.69) is 26.0 Å². The van der Waals surface area contributed by atoms with Crippen molar-refractivity contribution in [3.8, 4) is 0 Å². The van der Waals surface area contributed by atoms with Gasteiger partial charge in [-0.2, -0.15) is 0 Å². The average Bonchev–Trinajstić information content (AvgIpc) is 2.62. The summed E-state index contributed by atoms with van der Waals surface area (Å²) < 4.78 is 0. The zero-order valence-electron chi connectivity index (χ0n) is 14.2. The van der Waals surface area contributed by atoms with E-state index in [0.717, 1.165) is 6.42 Å². The van der Waals surface area contributed by atoms with Gasteiger partial charge < -0.3 is 0 Å². The van der Waals surface area contributed by atoms with Crippen LogP contribution < -0.4 is 10.9 Å². The van der Waals surface area contributed by atoms with E-state index in [4.69, 9.17) is 0 Å². The van der Waals surface area contributed by atoms with E-state index in [0.29, 0.717) is 28.4 Å². The summed E-state index contributed by atoms with van der Waals surface area (Å²) in [5.74, 6) is -0.359. The molecule has 0 saturated heterocycles. The number of hydroxylamine groups is 2. The van der Waals surface area contributed by atoms with Crippen LogP contribution in [0.25, 0.3) is 11.0 Å². The summed E-state index contributed by atoms with van der Waals surface area (Å²) in [5, 5.41) is 17.7. The van der Waals surface area contributed by atoms with E-state index in [1.54, 1.807) is 12.1 Å². The first-order chi connectivity index (χ1) is 12.0. The minimum absolute atomic E-state index is 0.0828. The Morgan fingerprint density at radius 2 is 1.96 bits per heavy atom. The van der Waals surface area contributed by atoms with Gasteiger partial charge in [0.15, 0.2) is 0 Å². The van der Waals surface area contributed by atoms with Gasteiger partial charge in [-0.25, -0.2) is 10.0 Å². The Morgan fingerprint density at radius 1 is 1.24 bits per heavy atom. The van der Waals surface area contributed by atoms with Gasteiger partial charge in [0.05, 0.1) is 18.0 Å². The van der Waals surface area contributed by atoms with Gasteiger partial charge in [-0.3, -0.25) is 25.6 Å². The predicted molar refractivity (Wildman–Crippen MR) is 91.2 cm³/mol. The molecule has 134 valence electrons. The maximum atomic E-state index is 12.3. The average molecular weight is 346 g/mol. The number of rotatable bonds is 9. The van der Waals surface area contributed by atoms with Crippen molar-refractivity contribution in [3.05, 3.63) is 24.3 Å². The summed E-state index contributed by atoms with van der Waals surface area (Å²) in [6, 6.07) is 7.24. The molecule has 2 aromatic rings. The first-order valence-electron chi connectivity index (χ1n) is 8.05. The number of benzene rings is 1. The lowest BCUT2D eigenvalue weighted by molar-refractivity contribution is -0.154. The summed E-state index contributed by atoms with van der Waals surface area (Å²) in [4.78, 5) is 27.2. The number of hydrazine groups is 1. The van der Waals surface area contributed by atoms with Gasteiger partial charge in [0.25, 0.3) is 5.95 Å². The van der Waals surface area contributed by atoms with Gasteiger partial charge in [0, 0.05) is 0 Å². The van der Waals surface area contributed by atoms with Crippen LogP contribution in [0, 0.1) is 11.8 Å². The molecule has 2 rings (SSSR count). The van der Waals surface area contributed by atoms with Crippen molar-refractivity contribution in [2.45, 2.75) is 26.7 Å². The second kappa shape index (κ2) is 8.88. The Morgan fingerprint density at radius 3 is 2.64 bits per heavy atom. The van der Waals surface area contributed by atoms with E-state index in [1.807, 2.05) is 26.0 Å². The number of aromatic nitrogens is 3. The van der Waals surface area contributed by atoms with E-state index in [9.17, 15) is 14.8 Å². The maximum absolute atomic E-state index is 12.3. The molecule has 9 nitrogen and oxygen atoms in total. The van der Waals surface area contributed by atoms with Gasteiger partial charge in [-0.1, -0.05) is 32.4 Å². The molecular formula is C16H22N6O3. The molecule has 2 amide bonds. The van der Waals surface area contributed by atoms with Crippen molar-refractivity contribution in [2.24, 2.45) is 11.8 Å². The molecule has 25 heavy (non-hydrogen) atoms. The van der Waals surface area contributed by atoms with E-state index >= 15 is 0 Å². The summed E-state index contributed by atoms with van der Waals surface area (Å²) in [6.07, 6.45) is 1.60. The van der Waals surface area contributed by atoms with Crippen LogP contribution in [0.1, 0.15) is 26.7 Å². The molecule has 1 aromatic heterocycles. The molecule has 0 radical (unpaired) electrons. The number of hydrogen-bond acceptors (Lipinski definition) is 7. The molecule has 0 aliphatic heterocycles. The second-order valence-electron chi connectivity index (χ2n) is 6.13. The molecule has 0 aliphatic carbocycles. The summed E-state index contributed by atoms with van der Waals surface area (Å²) in [5.41, 5.74) is 6.43. The molecule has 0 unspecified atom stereocenters. The van der Waals surface area contributed by atoms with Gasteiger partial charge in [-0.15, -0.1) is 10.2 Å². The standard InChI is InChI=1S/C16H22N6O3/c1-11(2)7-8-12(9-22(25)10-23)15(24)19-21-16-17-13-5-3-4-6-14(13)18-20-16/h3-6,10-12,25H,7-9H2,1-2H3,(H,19,24)(H,17,20,21)/t12-/m0/s1. The fraction of sp³-hybridized carbons (Fsp3) is 0.438. The fourth-order valence-corrected chi connectivity index (χ4v) is 2.26. The molecule has 1 atom stereocenters. The summed E-state index contributed by atoms with van der Waals surface area (Å²) >= 11 is 0. The highest BCUT2D eigenvalue weighted by Crippen LogP contribution is 2.14. The van der Waals surface area contributed by atoms with Gasteiger partial charge in [0.1, 0.15) is 5.52 Å². The van der Waals surface area contributed by atoms with Crippen LogP contribution in [0.2, 0.25) is 0 Å². The van der Waals surface area contributed by atoms with Crippen LogP contribution in [0.3, 0.4) is 0 Å². The molecular weight excluding hydrogens is 324 g/mol. The molecule has 0 bridgehead atoms. The normalized spacial score (nSPS) is 12.0. The largest absolute Gasteiger partial charge is 0.286 e. The number of carbonyl (C=O) groups excluding carboxylic acids is 2. The Bertz CT molecular complexity index is 724. The SMILES string of the molecule is CC(C)CC[C@@H](CN(O)C=O)C(=O)NNc1nnc2ccccc2n1. The Balaban J connectivity index is 1.98. The molecule has 1 aromatic carbocycles. The lowest BCUT2D eigenvalue weighted by atomic mass is 9.97. The smallest absolute Gasteiger partial charge is 0.262 e. The van der Waals surface area contributed by atoms with E-state index < -0.39 is 5.92 Å². The number of nitrogens with zero attached hydrogens (tertiary/aromatic N) is 4. The van der Waals surface area contributed by atoms with Crippen LogP contribution in [0.5, 0.6) is 0 Å². The third-order valence-electron chi connectivity index (χ3n) is 3.65. The zero-order chi connectivity index (χ0) is 18.2. The second-order valence-corrected chi connectivity index (χ2v) is 6.13. The summed E-state index contributed by atoms with van der Waals surface area (Å²) in [7, 11) is 0. The van der Waals surface area contributed by atoms with Gasteiger partial charge >= 0.3 is 0 Å². The van der Waals surface area contributed by atoms with Crippen molar-refractivity contribution >= 4 is 29.3 Å². The topological polar surface area (TPSA) is 120 Å². The van der Waals surface area contributed by atoms with Crippen molar-refractivity contribution in [2.75, 3.05) is 12.0 Å². The Hall–Kier alpha value is -2.81. The van der Waals surface area contributed by atoms with Crippen LogP contribution in [0.15, 0.2) is 24.3 Å². The maximum Gasteiger partial charge on any atom is 0.262 e. The monoisotopic (exact) mass is 346 g/mol. The van der Waals surface area contributed by atoms with Crippen molar-refractivity contribution < 1.29 is 14.8 Å². The first-order valence-corrected chi connectivity index (χ1v) is 8.05. The Labute approximate surface area is 145 Å². The molecule has 1 heterocycles. The lowest BCUT2D eigenvalue weighted by Gasteiger charge is -2.20. The number of nitrogens with one attached hydrogen (secondary N) is 2. The molecule has 0 fully saturated rings. The fourth-order valence-electron chi connectivity index (χ4n) is 2.26. The van der Waals surface area contributed by atoms with Gasteiger partial charge in [0.2, 0.25) is 12.3 Å². The lowest BCUT2D eigenvalue weighted by Crippen LogP contribution is -2.40. The number of para-hydroxylation sites is 1. The van der Waals surface area contributed by atoms with Crippen LogP contribution >= 0.6 is 0 Å². The zero-order valence-corrected chi connectivity index (χ0v) is 14.2. The Kier molecular flexibility index (Phi) is 6.58. The number of hydrogen-bond donors (Lipinski definition) is 3. The predicted octanol–water partition coefficient (Wildman–Crippen LogP) is 1.37. The minimum atomic E-state index is -0.557.